The molecular weight excluding hydrogens is 228 g/mol. The number of fused-ring (bicyclic) bond motifs is 2. The van der Waals surface area contributed by atoms with E-state index in [9.17, 15) is 0 Å². The highest BCUT2D eigenvalue weighted by Gasteiger charge is 2.42. The Labute approximate surface area is 108 Å². The molecule has 1 aromatic heterocycles. The van der Waals surface area contributed by atoms with Crippen molar-refractivity contribution in [2.75, 3.05) is 5.32 Å². The van der Waals surface area contributed by atoms with Crippen LogP contribution < -0.4 is 11.1 Å². The Bertz CT molecular complexity index is 417. The maximum Gasteiger partial charge on any atom is 0.315 e. The number of rotatable bonds is 4. The molecule has 2 bridgehead atoms. The standard InChI is InChI=1S/C13H22N4O/c1-7(14)12-16-17-13(18-12)15-8(2)11-6-9-3-4-10(11)5-9/h7-11H,3-6,14H2,1-2H3,(H,15,17). The lowest BCUT2D eigenvalue weighted by atomic mass is 9.84. The van der Waals surface area contributed by atoms with Crippen molar-refractivity contribution < 1.29 is 4.42 Å². The lowest BCUT2D eigenvalue weighted by Gasteiger charge is -2.27. The molecule has 5 nitrogen and oxygen atoms in total. The number of nitrogens with zero attached hydrogens (tertiary/aromatic N) is 2. The zero-order valence-corrected chi connectivity index (χ0v) is 11.1. The van der Waals surface area contributed by atoms with Crippen LogP contribution in [0.3, 0.4) is 0 Å². The fraction of sp³-hybridized carbons (Fsp3) is 0.846. The van der Waals surface area contributed by atoms with E-state index in [4.69, 9.17) is 10.2 Å². The van der Waals surface area contributed by atoms with E-state index in [-0.39, 0.29) is 6.04 Å². The van der Waals surface area contributed by atoms with Crippen LogP contribution >= 0.6 is 0 Å². The zero-order valence-electron chi connectivity index (χ0n) is 11.1. The van der Waals surface area contributed by atoms with Crippen molar-refractivity contribution >= 4 is 6.01 Å². The molecule has 0 aliphatic heterocycles. The van der Waals surface area contributed by atoms with Gasteiger partial charge in [-0.15, -0.1) is 5.10 Å². The topological polar surface area (TPSA) is 77.0 Å². The molecule has 2 aliphatic carbocycles. The Morgan fingerprint density at radius 3 is 2.67 bits per heavy atom. The van der Waals surface area contributed by atoms with Crippen LogP contribution in [0.1, 0.15) is 51.5 Å². The summed E-state index contributed by atoms with van der Waals surface area (Å²) in [4.78, 5) is 0. The van der Waals surface area contributed by atoms with E-state index < -0.39 is 0 Å². The Balaban J connectivity index is 1.61. The van der Waals surface area contributed by atoms with Crippen molar-refractivity contribution in [3.8, 4) is 0 Å². The van der Waals surface area contributed by atoms with Gasteiger partial charge in [0.15, 0.2) is 0 Å². The van der Waals surface area contributed by atoms with Crippen molar-refractivity contribution in [1.82, 2.24) is 10.2 Å². The summed E-state index contributed by atoms with van der Waals surface area (Å²) in [7, 11) is 0. The van der Waals surface area contributed by atoms with Crippen LogP contribution in [-0.2, 0) is 0 Å². The molecule has 18 heavy (non-hydrogen) atoms. The highest BCUT2D eigenvalue weighted by Crippen LogP contribution is 2.49. The Morgan fingerprint density at radius 2 is 2.11 bits per heavy atom. The molecule has 100 valence electrons. The molecule has 5 heteroatoms. The molecule has 2 aliphatic rings. The number of nitrogens with two attached hydrogens (primary N) is 1. The minimum atomic E-state index is -0.203. The highest BCUT2D eigenvalue weighted by atomic mass is 16.4. The second kappa shape index (κ2) is 4.53. The maximum absolute atomic E-state index is 5.71. The number of hydrogen-bond donors (Lipinski definition) is 2. The second-order valence-electron chi connectivity index (χ2n) is 6.01. The van der Waals surface area contributed by atoms with E-state index >= 15 is 0 Å². The van der Waals surface area contributed by atoms with Crippen LogP contribution in [0.25, 0.3) is 0 Å². The molecule has 3 N–H and O–H groups in total. The molecule has 0 aromatic carbocycles. The molecule has 3 rings (SSSR count). The minimum Gasteiger partial charge on any atom is -0.406 e. The summed E-state index contributed by atoms with van der Waals surface area (Å²) in [6, 6.07) is 0.713. The van der Waals surface area contributed by atoms with Gasteiger partial charge >= 0.3 is 6.01 Å². The number of anilines is 1. The average molecular weight is 250 g/mol. The largest absolute Gasteiger partial charge is 0.406 e. The van der Waals surface area contributed by atoms with Crippen molar-refractivity contribution in [1.29, 1.82) is 0 Å². The van der Waals surface area contributed by atoms with Crippen LogP contribution in [0.5, 0.6) is 0 Å². The van der Waals surface area contributed by atoms with Gasteiger partial charge in [0.25, 0.3) is 0 Å². The Hall–Kier alpha value is -1.10. The minimum absolute atomic E-state index is 0.203. The van der Waals surface area contributed by atoms with Gasteiger partial charge in [-0.3, -0.25) is 0 Å². The number of aromatic nitrogens is 2. The number of nitrogens with one attached hydrogen (secondary N) is 1. The molecule has 0 saturated heterocycles. The van der Waals surface area contributed by atoms with Crippen LogP contribution in [0.2, 0.25) is 0 Å². The first-order chi connectivity index (χ1) is 8.63. The summed E-state index contributed by atoms with van der Waals surface area (Å²) in [5.41, 5.74) is 5.71. The predicted octanol–water partition coefficient (Wildman–Crippen LogP) is 2.33. The van der Waals surface area contributed by atoms with Crippen LogP contribution in [0, 0.1) is 17.8 Å². The third-order valence-corrected chi connectivity index (χ3v) is 4.62. The van der Waals surface area contributed by atoms with Gasteiger partial charge in [0.2, 0.25) is 5.89 Å². The molecule has 2 saturated carbocycles. The summed E-state index contributed by atoms with van der Waals surface area (Å²) >= 11 is 0. The SMILES string of the molecule is CC(N)c1nnc(NC(C)C2CC3CCC2C3)o1. The van der Waals surface area contributed by atoms with Crippen LogP contribution in [0.15, 0.2) is 4.42 Å². The van der Waals surface area contributed by atoms with Crippen molar-refractivity contribution in [2.45, 2.75) is 51.6 Å². The second-order valence-corrected chi connectivity index (χ2v) is 6.01. The monoisotopic (exact) mass is 250 g/mol. The van der Waals surface area contributed by atoms with Gasteiger partial charge < -0.3 is 15.5 Å². The normalized spacial score (nSPS) is 33.6. The van der Waals surface area contributed by atoms with Gasteiger partial charge in [-0.2, -0.15) is 0 Å². The third-order valence-electron chi connectivity index (χ3n) is 4.62. The third kappa shape index (κ3) is 2.11. The highest BCUT2D eigenvalue weighted by molar-refractivity contribution is 5.20. The molecule has 5 atom stereocenters. The predicted molar refractivity (Wildman–Crippen MR) is 68.9 cm³/mol. The first-order valence-corrected chi connectivity index (χ1v) is 6.99. The van der Waals surface area contributed by atoms with Gasteiger partial charge in [-0.25, -0.2) is 0 Å². The first kappa shape index (κ1) is 12.0. The molecular formula is C13H22N4O. The van der Waals surface area contributed by atoms with Gasteiger partial charge in [-0.1, -0.05) is 11.5 Å². The fourth-order valence-corrected chi connectivity index (χ4v) is 3.69. The quantitative estimate of drug-likeness (QED) is 0.857. The summed E-state index contributed by atoms with van der Waals surface area (Å²) in [5, 5.41) is 11.3. The molecule has 2 fully saturated rings. The van der Waals surface area contributed by atoms with Crippen LogP contribution in [-0.4, -0.2) is 16.2 Å². The van der Waals surface area contributed by atoms with Gasteiger partial charge in [-0.05, 0) is 50.9 Å². The number of hydrogen-bond acceptors (Lipinski definition) is 5. The first-order valence-electron chi connectivity index (χ1n) is 6.99. The molecule has 1 heterocycles. The smallest absolute Gasteiger partial charge is 0.315 e. The summed E-state index contributed by atoms with van der Waals surface area (Å²) in [6.07, 6.45) is 5.61. The lowest BCUT2D eigenvalue weighted by molar-refractivity contribution is 0.300. The van der Waals surface area contributed by atoms with Crippen molar-refractivity contribution in [2.24, 2.45) is 23.5 Å². The molecule has 0 amide bonds. The molecule has 1 aromatic rings. The average Bonchev–Trinajstić information content (AvgIpc) is 3.03. The van der Waals surface area contributed by atoms with E-state index in [0.29, 0.717) is 17.9 Å². The Morgan fingerprint density at radius 1 is 1.28 bits per heavy atom. The fourth-order valence-electron chi connectivity index (χ4n) is 3.69. The molecule has 0 radical (unpaired) electrons. The van der Waals surface area contributed by atoms with Crippen LogP contribution in [0.4, 0.5) is 6.01 Å². The molecule has 5 unspecified atom stereocenters. The summed E-state index contributed by atoms with van der Waals surface area (Å²) in [5.74, 6) is 3.12. The van der Waals surface area contributed by atoms with Gasteiger partial charge in [0.1, 0.15) is 0 Å². The summed E-state index contributed by atoms with van der Waals surface area (Å²) < 4.78 is 5.50. The zero-order chi connectivity index (χ0) is 12.7. The molecule has 0 spiro atoms. The van der Waals surface area contributed by atoms with E-state index in [1.165, 1.54) is 25.7 Å². The van der Waals surface area contributed by atoms with E-state index in [1.807, 2.05) is 6.92 Å². The van der Waals surface area contributed by atoms with E-state index in [1.54, 1.807) is 0 Å². The van der Waals surface area contributed by atoms with Gasteiger partial charge in [0.05, 0.1) is 6.04 Å². The Kier molecular flexibility index (Phi) is 3.01. The van der Waals surface area contributed by atoms with E-state index in [0.717, 1.165) is 17.8 Å². The van der Waals surface area contributed by atoms with Gasteiger partial charge in [0, 0.05) is 6.04 Å². The van der Waals surface area contributed by atoms with Crippen molar-refractivity contribution in [3.63, 3.8) is 0 Å². The maximum atomic E-state index is 5.71. The van der Waals surface area contributed by atoms with Crippen molar-refractivity contribution in [3.05, 3.63) is 5.89 Å². The lowest BCUT2D eigenvalue weighted by Crippen LogP contribution is -2.30. The summed E-state index contributed by atoms with van der Waals surface area (Å²) in [6.45, 7) is 4.07. The van der Waals surface area contributed by atoms with E-state index in [2.05, 4.69) is 22.4 Å².